The summed E-state index contributed by atoms with van der Waals surface area (Å²) in [5.41, 5.74) is 1.31. The lowest BCUT2D eigenvalue weighted by Crippen LogP contribution is -2.38. The highest BCUT2D eigenvalue weighted by molar-refractivity contribution is 5.34. The lowest BCUT2D eigenvalue weighted by atomic mass is 9.92. The third-order valence-corrected chi connectivity index (χ3v) is 3.43. The van der Waals surface area contributed by atoms with Crippen molar-refractivity contribution in [3.63, 3.8) is 0 Å². The predicted octanol–water partition coefficient (Wildman–Crippen LogP) is 2.60. The monoisotopic (exact) mass is 233 g/mol. The first-order chi connectivity index (χ1) is 8.17. The summed E-state index contributed by atoms with van der Waals surface area (Å²) in [6.45, 7) is 8.18. The van der Waals surface area contributed by atoms with Gasteiger partial charge >= 0.3 is 0 Å². The fourth-order valence-corrected chi connectivity index (χ4v) is 2.85. The van der Waals surface area contributed by atoms with Gasteiger partial charge in [0.25, 0.3) is 0 Å². The van der Waals surface area contributed by atoms with E-state index in [0.717, 1.165) is 24.2 Å². The molecule has 0 radical (unpaired) electrons. The van der Waals surface area contributed by atoms with Gasteiger partial charge in [0.2, 0.25) is 0 Å². The number of rotatable bonds is 3. The zero-order chi connectivity index (χ0) is 12.3. The second-order valence-electron chi connectivity index (χ2n) is 5.44. The van der Waals surface area contributed by atoms with Crippen LogP contribution in [0.1, 0.15) is 25.8 Å². The number of piperidine rings is 1. The van der Waals surface area contributed by atoms with Crippen LogP contribution in [-0.4, -0.2) is 30.0 Å². The van der Waals surface area contributed by atoms with Crippen LogP contribution >= 0.6 is 0 Å². The Labute approximate surface area is 104 Å². The first-order valence-electron chi connectivity index (χ1n) is 6.52. The topological polar surface area (TPSA) is 28.2 Å². The van der Waals surface area contributed by atoms with E-state index in [-0.39, 0.29) is 0 Å². The molecule has 1 aliphatic rings. The third-order valence-electron chi connectivity index (χ3n) is 3.43. The number of hydrogen-bond acceptors (Lipinski definition) is 3. The Hall–Kier alpha value is -1.09. The molecule has 3 heteroatoms. The molecule has 17 heavy (non-hydrogen) atoms. The minimum Gasteiger partial charge on any atom is -0.373 e. The zero-order valence-electron chi connectivity index (χ0n) is 11.1. The number of anilines is 1. The lowest BCUT2D eigenvalue weighted by molar-refractivity contribution is 0.134. The summed E-state index contributed by atoms with van der Waals surface area (Å²) >= 11 is 0. The Morgan fingerprint density at radius 2 is 2.00 bits per heavy atom. The first kappa shape index (κ1) is 12.4. The molecule has 1 aliphatic heterocycles. The standard InChI is InChI=1S/C14H23N3/c1-11-6-12(2)9-17(8-11)10-13-4-5-14(15-3)16-7-13/h4-5,7,11-12H,6,8-10H2,1-3H3,(H,15,16). The molecule has 94 valence electrons. The van der Waals surface area contributed by atoms with Crippen molar-refractivity contribution in [3.05, 3.63) is 23.9 Å². The van der Waals surface area contributed by atoms with Gasteiger partial charge in [-0.3, -0.25) is 4.90 Å². The van der Waals surface area contributed by atoms with Crippen LogP contribution in [0.3, 0.4) is 0 Å². The molecule has 0 amide bonds. The van der Waals surface area contributed by atoms with E-state index in [1.54, 1.807) is 0 Å². The average Bonchev–Trinajstić information content (AvgIpc) is 2.28. The van der Waals surface area contributed by atoms with Crippen molar-refractivity contribution in [1.29, 1.82) is 0 Å². The van der Waals surface area contributed by atoms with Crippen LogP contribution in [-0.2, 0) is 6.54 Å². The smallest absolute Gasteiger partial charge is 0.125 e. The molecule has 2 rings (SSSR count). The average molecular weight is 233 g/mol. The maximum absolute atomic E-state index is 4.36. The van der Waals surface area contributed by atoms with Gasteiger partial charge in [-0.05, 0) is 29.9 Å². The minimum absolute atomic E-state index is 0.822. The number of nitrogens with zero attached hydrogens (tertiary/aromatic N) is 2. The molecule has 1 aromatic heterocycles. The van der Waals surface area contributed by atoms with E-state index in [0.29, 0.717) is 0 Å². The van der Waals surface area contributed by atoms with Crippen LogP contribution in [0.15, 0.2) is 18.3 Å². The summed E-state index contributed by atoms with van der Waals surface area (Å²) in [4.78, 5) is 6.91. The molecular formula is C14H23N3. The van der Waals surface area contributed by atoms with Crippen molar-refractivity contribution in [2.75, 3.05) is 25.5 Å². The Morgan fingerprint density at radius 1 is 1.29 bits per heavy atom. The second kappa shape index (κ2) is 5.50. The number of likely N-dealkylation sites (tertiary alicyclic amines) is 1. The summed E-state index contributed by atoms with van der Waals surface area (Å²) in [6.07, 6.45) is 3.35. The van der Waals surface area contributed by atoms with Crippen LogP contribution < -0.4 is 5.32 Å². The number of nitrogens with one attached hydrogen (secondary N) is 1. The van der Waals surface area contributed by atoms with Crippen LogP contribution in [0.4, 0.5) is 5.82 Å². The van der Waals surface area contributed by atoms with Gasteiger partial charge in [0.15, 0.2) is 0 Å². The molecule has 0 aromatic carbocycles. The van der Waals surface area contributed by atoms with Crippen LogP contribution in [0, 0.1) is 11.8 Å². The number of hydrogen-bond donors (Lipinski definition) is 1. The Bertz CT molecular complexity index is 337. The molecule has 0 aliphatic carbocycles. The fourth-order valence-electron chi connectivity index (χ4n) is 2.85. The Morgan fingerprint density at radius 3 is 2.53 bits per heavy atom. The van der Waals surface area contributed by atoms with Crippen molar-refractivity contribution in [2.45, 2.75) is 26.8 Å². The maximum Gasteiger partial charge on any atom is 0.125 e. The van der Waals surface area contributed by atoms with E-state index in [9.17, 15) is 0 Å². The van der Waals surface area contributed by atoms with Gasteiger partial charge in [0, 0.05) is 32.9 Å². The summed E-state index contributed by atoms with van der Waals surface area (Å²) < 4.78 is 0. The van der Waals surface area contributed by atoms with Gasteiger partial charge in [-0.25, -0.2) is 4.98 Å². The first-order valence-corrected chi connectivity index (χ1v) is 6.52. The van der Waals surface area contributed by atoms with E-state index >= 15 is 0 Å². The van der Waals surface area contributed by atoms with Crippen LogP contribution in [0.5, 0.6) is 0 Å². The summed E-state index contributed by atoms with van der Waals surface area (Å²) in [6, 6.07) is 4.22. The molecule has 1 N–H and O–H groups in total. The summed E-state index contributed by atoms with van der Waals surface area (Å²) in [5.74, 6) is 2.58. The second-order valence-corrected chi connectivity index (χ2v) is 5.44. The van der Waals surface area contributed by atoms with Gasteiger partial charge in [-0.15, -0.1) is 0 Å². The van der Waals surface area contributed by atoms with Crippen LogP contribution in [0.2, 0.25) is 0 Å². The van der Waals surface area contributed by atoms with E-state index in [4.69, 9.17) is 0 Å². The molecule has 0 spiro atoms. The number of pyridine rings is 1. The maximum atomic E-state index is 4.36. The highest BCUT2D eigenvalue weighted by atomic mass is 15.1. The molecule has 3 nitrogen and oxygen atoms in total. The molecule has 2 atom stereocenters. The lowest BCUT2D eigenvalue weighted by Gasteiger charge is -2.34. The van der Waals surface area contributed by atoms with Crippen molar-refractivity contribution in [3.8, 4) is 0 Å². The SMILES string of the molecule is CNc1ccc(CN2CC(C)CC(C)C2)cn1. The Balaban J connectivity index is 1.95. The molecular weight excluding hydrogens is 210 g/mol. The van der Waals surface area contributed by atoms with Gasteiger partial charge < -0.3 is 5.32 Å². The van der Waals surface area contributed by atoms with E-state index in [1.165, 1.54) is 25.1 Å². The fraction of sp³-hybridized carbons (Fsp3) is 0.643. The predicted molar refractivity (Wildman–Crippen MR) is 72.0 cm³/mol. The molecule has 0 bridgehead atoms. The normalized spacial score (nSPS) is 25.8. The highest BCUT2D eigenvalue weighted by Gasteiger charge is 2.21. The summed E-state index contributed by atoms with van der Waals surface area (Å²) in [7, 11) is 1.90. The van der Waals surface area contributed by atoms with Gasteiger partial charge in [-0.2, -0.15) is 0 Å². The van der Waals surface area contributed by atoms with Gasteiger partial charge in [-0.1, -0.05) is 19.9 Å². The third kappa shape index (κ3) is 3.43. The largest absolute Gasteiger partial charge is 0.373 e. The molecule has 0 saturated carbocycles. The van der Waals surface area contributed by atoms with E-state index in [1.807, 2.05) is 19.3 Å². The summed E-state index contributed by atoms with van der Waals surface area (Å²) in [5, 5.41) is 3.05. The number of aromatic nitrogens is 1. The minimum atomic E-state index is 0.822. The van der Waals surface area contributed by atoms with E-state index in [2.05, 4.69) is 35.1 Å². The molecule has 2 heterocycles. The van der Waals surface area contributed by atoms with Crippen molar-refractivity contribution >= 4 is 5.82 Å². The highest BCUT2D eigenvalue weighted by Crippen LogP contribution is 2.22. The molecule has 2 unspecified atom stereocenters. The van der Waals surface area contributed by atoms with Gasteiger partial charge in [0.05, 0.1) is 0 Å². The Kier molecular flexibility index (Phi) is 4.00. The van der Waals surface area contributed by atoms with Crippen molar-refractivity contribution < 1.29 is 0 Å². The molecule has 1 fully saturated rings. The molecule has 1 aromatic rings. The van der Waals surface area contributed by atoms with Gasteiger partial charge in [0.1, 0.15) is 5.82 Å². The zero-order valence-corrected chi connectivity index (χ0v) is 11.1. The molecule has 1 saturated heterocycles. The van der Waals surface area contributed by atoms with Crippen molar-refractivity contribution in [1.82, 2.24) is 9.88 Å². The van der Waals surface area contributed by atoms with E-state index < -0.39 is 0 Å². The van der Waals surface area contributed by atoms with Crippen LogP contribution in [0.25, 0.3) is 0 Å². The van der Waals surface area contributed by atoms with Crippen molar-refractivity contribution in [2.24, 2.45) is 11.8 Å². The quantitative estimate of drug-likeness (QED) is 0.870.